The molecule has 3 N–H and O–H groups in total. The number of carbonyl (C=O) groups is 1. The second-order valence-corrected chi connectivity index (χ2v) is 5.72. The summed E-state index contributed by atoms with van der Waals surface area (Å²) in [6.07, 6.45) is 4.28. The van der Waals surface area contributed by atoms with Gasteiger partial charge in [-0.2, -0.15) is 0 Å². The number of nitrogens with zero attached hydrogens (tertiary/aromatic N) is 2. The number of carbonyl (C=O) groups excluding carboxylic acids is 1. The lowest BCUT2D eigenvalue weighted by molar-refractivity contribution is -0.126. The van der Waals surface area contributed by atoms with Crippen molar-refractivity contribution in [1.29, 1.82) is 0 Å². The minimum atomic E-state index is -0.406. The third-order valence-corrected chi connectivity index (χ3v) is 4.00. The third kappa shape index (κ3) is 3.95. The van der Waals surface area contributed by atoms with Gasteiger partial charge in [-0.25, -0.2) is 0 Å². The molecule has 1 aromatic heterocycles. The van der Waals surface area contributed by atoms with E-state index in [1.54, 1.807) is 0 Å². The Hall–Kier alpha value is -1.05. The number of amides is 1. The summed E-state index contributed by atoms with van der Waals surface area (Å²) in [4.78, 5) is 12.0. The van der Waals surface area contributed by atoms with Gasteiger partial charge in [0.25, 0.3) is 5.91 Å². The van der Waals surface area contributed by atoms with Crippen LogP contribution in [0.4, 0.5) is 5.13 Å². The average molecular weight is 284 g/mol. The van der Waals surface area contributed by atoms with Crippen LogP contribution < -0.4 is 11.1 Å². The van der Waals surface area contributed by atoms with E-state index in [4.69, 9.17) is 10.5 Å². The molecule has 0 radical (unpaired) electrons. The topological polar surface area (TPSA) is 90.1 Å². The monoisotopic (exact) mass is 284 g/mol. The zero-order valence-electron chi connectivity index (χ0n) is 11.1. The van der Waals surface area contributed by atoms with E-state index in [1.165, 1.54) is 11.3 Å². The Morgan fingerprint density at radius 1 is 1.53 bits per heavy atom. The number of nitrogens with two attached hydrogens (primary N) is 1. The van der Waals surface area contributed by atoms with Gasteiger partial charge in [0.05, 0.1) is 6.10 Å². The maximum atomic E-state index is 12.0. The molecule has 0 spiro atoms. The average Bonchev–Trinajstić information content (AvgIpc) is 3.05. The van der Waals surface area contributed by atoms with Crippen LogP contribution in [0.3, 0.4) is 0 Å². The normalized spacial score (nSPS) is 22.6. The number of rotatable bonds is 6. The minimum absolute atomic E-state index is 0.00489. The summed E-state index contributed by atoms with van der Waals surface area (Å²) in [5, 5.41) is 12.3. The van der Waals surface area contributed by atoms with E-state index in [9.17, 15) is 4.79 Å². The summed E-state index contributed by atoms with van der Waals surface area (Å²) in [5.74, 6) is -0.144. The Morgan fingerprint density at radius 3 is 3.05 bits per heavy atom. The molecule has 6 nitrogen and oxygen atoms in total. The van der Waals surface area contributed by atoms with Crippen molar-refractivity contribution < 1.29 is 9.53 Å². The van der Waals surface area contributed by atoms with Crippen LogP contribution >= 0.6 is 11.3 Å². The smallest absolute Gasteiger partial charge is 0.255 e. The first-order valence-corrected chi connectivity index (χ1v) is 7.53. The summed E-state index contributed by atoms with van der Waals surface area (Å²) in [5.41, 5.74) is 5.52. The lowest BCUT2D eigenvalue weighted by Gasteiger charge is -2.10. The lowest BCUT2D eigenvalue weighted by atomic mass is 10.2. The van der Waals surface area contributed by atoms with Gasteiger partial charge in [-0.3, -0.25) is 10.1 Å². The van der Waals surface area contributed by atoms with E-state index < -0.39 is 6.10 Å². The molecule has 106 valence electrons. The van der Waals surface area contributed by atoms with Gasteiger partial charge in [-0.15, -0.1) is 10.2 Å². The highest BCUT2D eigenvalue weighted by molar-refractivity contribution is 7.15. The Bertz CT molecular complexity index is 424. The molecule has 0 saturated carbocycles. The van der Waals surface area contributed by atoms with Gasteiger partial charge in [0.2, 0.25) is 5.13 Å². The zero-order chi connectivity index (χ0) is 13.7. The van der Waals surface area contributed by atoms with Crippen molar-refractivity contribution in [1.82, 2.24) is 10.2 Å². The Labute approximate surface area is 116 Å². The quantitative estimate of drug-likeness (QED) is 0.822. The molecule has 0 unspecified atom stereocenters. The van der Waals surface area contributed by atoms with Gasteiger partial charge in [0.1, 0.15) is 11.1 Å². The van der Waals surface area contributed by atoms with Crippen LogP contribution in [0, 0.1) is 0 Å². The summed E-state index contributed by atoms with van der Waals surface area (Å²) in [6.45, 7) is 2.60. The highest BCUT2D eigenvalue weighted by Crippen LogP contribution is 2.22. The molecular weight excluding hydrogens is 264 g/mol. The number of aryl methyl sites for hydroxylation is 1. The number of hydrogen-bond donors (Lipinski definition) is 2. The first kappa shape index (κ1) is 14.4. The standard InChI is InChI=1S/C12H20N4O2S/c1-2-3-4-10-15-16-12(19-10)14-11(17)9-6-5-8(7-13)18-9/h8-9H,2-7,13H2,1H3,(H,14,16,17)/t8-,9+/m1/s1. The van der Waals surface area contributed by atoms with Gasteiger partial charge in [0, 0.05) is 13.0 Å². The molecule has 2 rings (SSSR count). The minimum Gasteiger partial charge on any atom is -0.364 e. The predicted octanol–water partition coefficient (Wildman–Crippen LogP) is 1.33. The van der Waals surface area contributed by atoms with Crippen molar-refractivity contribution in [2.45, 2.75) is 51.2 Å². The van der Waals surface area contributed by atoms with Crippen LogP contribution in [0.2, 0.25) is 0 Å². The number of nitrogens with one attached hydrogen (secondary N) is 1. The fourth-order valence-corrected chi connectivity index (χ4v) is 2.78. The molecule has 1 fully saturated rings. The predicted molar refractivity (Wildman–Crippen MR) is 74.1 cm³/mol. The second kappa shape index (κ2) is 6.93. The molecule has 1 saturated heterocycles. The Balaban J connectivity index is 1.83. The van der Waals surface area contributed by atoms with Crippen molar-refractivity contribution in [3.05, 3.63) is 5.01 Å². The number of unbranched alkanes of at least 4 members (excludes halogenated alkanes) is 1. The first-order chi connectivity index (χ1) is 9.22. The van der Waals surface area contributed by atoms with Crippen molar-refractivity contribution in [2.24, 2.45) is 5.73 Å². The number of hydrogen-bond acceptors (Lipinski definition) is 6. The highest BCUT2D eigenvalue weighted by Gasteiger charge is 2.30. The first-order valence-electron chi connectivity index (χ1n) is 6.71. The van der Waals surface area contributed by atoms with Crippen molar-refractivity contribution >= 4 is 22.4 Å². The molecule has 0 aromatic carbocycles. The molecule has 7 heteroatoms. The van der Waals surface area contributed by atoms with E-state index in [1.807, 2.05) is 0 Å². The fourth-order valence-electron chi connectivity index (χ4n) is 1.99. The third-order valence-electron chi connectivity index (χ3n) is 3.10. The summed E-state index contributed by atoms with van der Waals surface area (Å²) in [7, 11) is 0. The molecule has 1 aliphatic heterocycles. The molecule has 2 heterocycles. The Morgan fingerprint density at radius 2 is 2.37 bits per heavy atom. The van der Waals surface area contributed by atoms with E-state index >= 15 is 0 Å². The number of anilines is 1. The number of ether oxygens (including phenoxy) is 1. The maximum absolute atomic E-state index is 12.0. The van der Waals surface area contributed by atoms with Gasteiger partial charge in [-0.1, -0.05) is 24.7 Å². The van der Waals surface area contributed by atoms with E-state index in [-0.39, 0.29) is 12.0 Å². The van der Waals surface area contributed by atoms with Gasteiger partial charge < -0.3 is 10.5 Å². The highest BCUT2D eigenvalue weighted by atomic mass is 32.1. The van der Waals surface area contributed by atoms with Crippen molar-refractivity contribution in [3.8, 4) is 0 Å². The zero-order valence-corrected chi connectivity index (χ0v) is 11.9. The van der Waals surface area contributed by atoms with Crippen molar-refractivity contribution in [3.63, 3.8) is 0 Å². The molecule has 1 aromatic rings. The van der Waals surface area contributed by atoms with Crippen LogP contribution in [-0.4, -0.2) is 34.9 Å². The summed E-state index contributed by atoms with van der Waals surface area (Å²) < 4.78 is 5.54. The molecule has 1 amide bonds. The van der Waals surface area contributed by atoms with E-state index in [0.717, 1.165) is 37.1 Å². The Kier molecular flexibility index (Phi) is 5.24. The van der Waals surface area contributed by atoms with Crippen LogP contribution in [0.25, 0.3) is 0 Å². The van der Waals surface area contributed by atoms with Crippen molar-refractivity contribution in [2.75, 3.05) is 11.9 Å². The molecule has 2 atom stereocenters. The van der Waals surface area contributed by atoms with Crippen LogP contribution in [-0.2, 0) is 16.0 Å². The SMILES string of the molecule is CCCCc1nnc(NC(=O)[C@@H]2CC[C@H](CN)O2)s1. The molecule has 0 bridgehead atoms. The largest absolute Gasteiger partial charge is 0.364 e. The molecule has 19 heavy (non-hydrogen) atoms. The molecular formula is C12H20N4O2S. The second-order valence-electron chi connectivity index (χ2n) is 4.65. The fraction of sp³-hybridized carbons (Fsp3) is 0.750. The summed E-state index contributed by atoms with van der Waals surface area (Å²) in [6, 6.07) is 0. The van der Waals surface area contributed by atoms with Crippen LogP contribution in [0.15, 0.2) is 0 Å². The molecule has 1 aliphatic rings. The molecule has 0 aliphatic carbocycles. The van der Waals surface area contributed by atoms with E-state index in [0.29, 0.717) is 11.7 Å². The van der Waals surface area contributed by atoms with E-state index in [2.05, 4.69) is 22.4 Å². The number of aromatic nitrogens is 2. The van der Waals surface area contributed by atoms with Crippen LogP contribution in [0.5, 0.6) is 0 Å². The summed E-state index contributed by atoms with van der Waals surface area (Å²) >= 11 is 1.43. The van der Waals surface area contributed by atoms with Gasteiger partial charge >= 0.3 is 0 Å². The lowest BCUT2D eigenvalue weighted by Crippen LogP contribution is -2.29. The van der Waals surface area contributed by atoms with Gasteiger partial charge in [0.15, 0.2) is 0 Å². The van der Waals surface area contributed by atoms with Crippen LogP contribution in [0.1, 0.15) is 37.6 Å². The maximum Gasteiger partial charge on any atom is 0.255 e. The van der Waals surface area contributed by atoms with Gasteiger partial charge in [-0.05, 0) is 19.3 Å².